The summed E-state index contributed by atoms with van der Waals surface area (Å²) in [5, 5.41) is 9.60. The van der Waals surface area contributed by atoms with Crippen molar-refractivity contribution in [3.8, 4) is 5.75 Å². The van der Waals surface area contributed by atoms with Crippen LogP contribution in [0.3, 0.4) is 0 Å². The quantitative estimate of drug-likeness (QED) is 0.782. The van der Waals surface area contributed by atoms with Crippen LogP contribution in [-0.2, 0) is 6.54 Å². The van der Waals surface area contributed by atoms with Gasteiger partial charge in [0.15, 0.2) is 0 Å². The maximum absolute atomic E-state index is 8.95. The van der Waals surface area contributed by atoms with Crippen molar-refractivity contribution in [1.82, 2.24) is 9.80 Å². The summed E-state index contributed by atoms with van der Waals surface area (Å²) >= 11 is 6.23. The molecule has 0 bridgehead atoms. The molecule has 1 saturated heterocycles. The number of rotatable bonds is 7. The Hall–Kier alpha value is -1.07. The molecule has 0 radical (unpaired) electrons. The Morgan fingerprint density at radius 3 is 2.57 bits per heavy atom. The summed E-state index contributed by atoms with van der Waals surface area (Å²) < 4.78 is 5.48. The molecule has 0 unspecified atom stereocenters. The lowest BCUT2D eigenvalue weighted by atomic mass is 10.2. The second-order valence-corrected chi connectivity index (χ2v) is 5.61. The Balaban J connectivity index is 1.86. The van der Waals surface area contributed by atoms with Gasteiger partial charge in [-0.1, -0.05) is 30.3 Å². The Morgan fingerprint density at radius 2 is 1.95 bits per heavy atom. The Labute approximate surface area is 131 Å². The Kier molecular flexibility index (Phi) is 6.51. The first-order chi connectivity index (χ1) is 10.2. The minimum atomic E-state index is 0.238. The smallest absolute Gasteiger partial charge is 0.138 e. The van der Waals surface area contributed by atoms with Crippen LogP contribution < -0.4 is 4.74 Å². The number of piperazine rings is 1. The van der Waals surface area contributed by atoms with Crippen LogP contribution in [-0.4, -0.2) is 60.8 Å². The molecule has 21 heavy (non-hydrogen) atoms. The van der Waals surface area contributed by atoms with E-state index in [1.165, 1.54) is 5.56 Å². The van der Waals surface area contributed by atoms with Gasteiger partial charge in [-0.15, -0.1) is 0 Å². The highest BCUT2D eigenvalue weighted by Gasteiger charge is 2.16. The van der Waals surface area contributed by atoms with Gasteiger partial charge in [-0.25, -0.2) is 0 Å². The highest BCUT2D eigenvalue weighted by atomic mass is 35.5. The SMILES string of the molecule is C=CCOc1ccc(CN2CCN(CCO)CC2)cc1Cl. The van der Waals surface area contributed by atoms with E-state index in [0.717, 1.165) is 39.3 Å². The van der Waals surface area contributed by atoms with Crippen molar-refractivity contribution in [2.75, 3.05) is 45.9 Å². The summed E-state index contributed by atoms with van der Waals surface area (Å²) in [6.45, 7) is 10.1. The van der Waals surface area contributed by atoms with Crippen LogP contribution in [0.25, 0.3) is 0 Å². The van der Waals surface area contributed by atoms with Crippen molar-refractivity contribution in [3.63, 3.8) is 0 Å². The maximum atomic E-state index is 8.95. The number of aliphatic hydroxyl groups excluding tert-OH is 1. The van der Waals surface area contributed by atoms with Gasteiger partial charge in [-0.3, -0.25) is 9.80 Å². The summed E-state index contributed by atoms with van der Waals surface area (Å²) in [5.41, 5.74) is 1.20. The van der Waals surface area contributed by atoms with Crippen LogP contribution in [0.2, 0.25) is 5.02 Å². The normalized spacial score (nSPS) is 16.9. The van der Waals surface area contributed by atoms with Crippen LogP contribution in [0.5, 0.6) is 5.75 Å². The summed E-state index contributed by atoms with van der Waals surface area (Å²) in [6, 6.07) is 5.95. The fourth-order valence-electron chi connectivity index (χ4n) is 2.48. The largest absolute Gasteiger partial charge is 0.488 e. The first-order valence-electron chi connectivity index (χ1n) is 7.30. The minimum absolute atomic E-state index is 0.238. The van der Waals surface area contributed by atoms with E-state index >= 15 is 0 Å². The summed E-state index contributed by atoms with van der Waals surface area (Å²) in [4.78, 5) is 4.69. The number of hydrogen-bond donors (Lipinski definition) is 1. The molecule has 116 valence electrons. The monoisotopic (exact) mass is 310 g/mol. The number of halogens is 1. The van der Waals surface area contributed by atoms with Crippen molar-refractivity contribution in [1.29, 1.82) is 0 Å². The molecule has 0 spiro atoms. The van der Waals surface area contributed by atoms with Gasteiger partial charge >= 0.3 is 0 Å². The van der Waals surface area contributed by atoms with Gasteiger partial charge in [0, 0.05) is 39.3 Å². The molecule has 5 heteroatoms. The second kappa shape index (κ2) is 8.39. The van der Waals surface area contributed by atoms with Crippen molar-refractivity contribution in [2.45, 2.75) is 6.54 Å². The van der Waals surface area contributed by atoms with E-state index < -0.39 is 0 Å². The van der Waals surface area contributed by atoms with Gasteiger partial charge in [-0.05, 0) is 17.7 Å². The number of nitrogens with zero attached hydrogens (tertiary/aromatic N) is 2. The molecule has 0 atom stereocenters. The first kappa shape index (κ1) is 16.3. The zero-order chi connectivity index (χ0) is 15.1. The number of aliphatic hydroxyl groups is 1. The third-order valence-electron chi connectivity index (χ3n) is 3.64. The first-order valence-corrected chi connectivity index (χ1v) is 7.68. The van der Waals surface area contributed by atoms with Crippen LogP contribution in [0.1, 0.15) is 5.56 Å². The van der Waals surface area contributed by atoms with Gasteiger partial charge in [0.2, 0.25) is 0 Å². The molecular weight excluding hydrogens is 288 g/mol. The highest BCUT2D eigenvalue weighted by molar-refractivity contribution is 6.32. The molecule has 0 saturated carbocycles. The zero-order valence-corrected chi connectivity index (χ0v) is 13.1. The fraction of sp³-hybridized carbons (Fsp3) is 0.500. The van der Waals surface area contributed by atoms with Gasteiger partial charge in [0.05, 0.1) is 11.6 Å². The van der Waals surface area contributed by atoms with Gasteiger partial charge in [-0.2, -0.15) is 0 Å². The summed E-state index contributed by atoms with van der Waals surface area (Å²) in [6.07, 6.45) is 1.70. The molecule has 1 heterocycles. The molecule has 1 N–H and O–H groups in total. The van der Waals surface area contributed by atoms with E-state index in [4.69, 9.17) is 21.4 Å². The van der Waals surface area contributed by atoms with Crippen molar-refractivity contribution in [2.24, 2.45) is 0 Å². The van der Waals surface area contributed by atoms with Gasteiger partial charge < -0.3 is 9.84 Å². The van der Waals surface area contributed by atoms with E-state index in [2.05, 4.69) is 22.4 Å². The van der Waals surface area contributed by atoms with Gasteiger partial charge in [0.25, 0.3) is 0 Å². The maximum Gasteiger partial charge on any atom is 0.138 e. The number of benzene rings is 1. The van der Waals surface area contributed by atoms with Crippen LogP contribution in [0.4, 0.5) is 0 Å². The molecule has 1 aliphatic heterocycles. The van der Waals surface area contributed by atoms with E-state index in [0.29, 0.717) is 17.4 Å². The molecule has 0 amide bonds. The molecule has 2 rings (SSSR count). The molecule has 0 aromatic heterocycles. The molecule has 0 aliphatic carbocycles. The highest BCUT2D eigenvalue weighted by Crippen LogP contribution is 2.26. The third kappa shape index (κ3) is 5.00. The average Bonchev–Trinajstić information content (AvgIpc) is 2.49. The van der Waals surface area contributed by atoms with Crippen molar-refractivity contribution >= 4 is 11.6 Å². The van der Waals surface area contributed by atoms with Crippen LogP contribution in [0, 0.1) is 0 Å². The number of hydrogen-bond acceptors (Lipinski definition) is 4. The van der Waals surface area contributed by atoms with E-state index in [1.54, 1.807) is 6.08 Å². The Bertz CT molecular complexity index is 460. The summed E-state index contributed by atoms with van der Waals surface area (Å²) in [5.74, 6) is 0.702. The molecule has 1 aromatic rings. The van der Waals surface area contributed by atoms with E-state index in [-0.39, 0.29) is 6.61 Å². The molecule has 1 aromatic carbocycles. The van der Waals surface area contributed by atoms with E-state index in [9.17, 15) is 0 Å². The van der Waals surface area contributed by atoms with Gasteiger partial charge in [0.1, 0.15) is 12.4 Å². The summed E-state index contributed by atoms with van der Waals surface area (Å²) in [7, 11) is 0. The topological polar surface area (TPSA) is 35.9 Å². The standard InChI is InChI=1S/C16H23ClN2O2/c1-2-11-21-16-4-3-14(12-15(16)17)13-19-7-5-18(6-8-19)9-10-20/h2-4,12,20H,1,5-11,13H2. The number of ether oxygens (including phenoxy) is 1. The molecular formula is C16H23ClN2O2. The number of β-amino-alcohol motifs (C(OH)–C–C–N with tert-alkyl or cyclic N) is 1. The van der Waals surface area contributed by atoms with Crippen LogP contribution >= 0.6 is 11.6 Å². The molecule has 4 nitrogen and oxygen atoms in total. The second-order valence-electron chi connectivity index (χ2n) is 5.21. The predicted molar refractivity (Wildman–Crippen MR) is 85.9 cm³/mol. The van der Waals surface area contributed by atoms with Crippen LogP contribution in [0.15, 0.2) is 30.9 Å². The lowest BCUT2D eigenvalue weighted by Gasteiger charge is -2.34. The predicted octanol–water partition coefficient (Wildman–Crippen LogP) is 2.01. The zero-order valence-electron chi connectivity index (χ0n) is 12.3. The van der Waals surface area contributed by atoms with Crippen molar-refractivity contribution in [3.05, 3.63) is 41.4 Å². The lowest BCUT2D eigenvalue weighted by molar-refractivity contribution is 0.108. The minimum Gasteiger partial charge on any atom is -0.488 e. The molecule has 1 aliphatic rings. The third-order valence-corrected chi connectivity index (χ3v) is 3.94. The molecule has 1 fully saturated rings. The lowest BCUT2D eigenvalue weighted by Crippen LogP contribution is -2.46. The van der Waals surface area contributed by atoms with Crippen molar-refractivity contribution < 1.29 is 9.84 Å². The van der Waals surface area contributed by atoms with E-state index in [1.807, 2.05) is 12.1 Å². The average molecular weight is 311 g/mol. The fourth-order valence-corrected chi connectivity index (χ4v) is 2.74. The Morgan fingerprint density at radius 1 is 1.24 bits per heavy atom.